The van der Waals surface area contributed by atoms with Gasteiger partial charge in [0.1, 0.15) is 0 Å². The molecule has 0 saturated heterocycles. The van der Waals surface area contributed by atoms with Gasteiger partial charge < -0.3 is 10.3 Å². The zero-order valence-electron chi connectivity index (χ0n) is 12.2. The zero-order valence-corrected chi connectivity index (χ0v) is 12.2. The second kappa shape index (κ2) is 4.05. The average molecular weight is 251 g/mol. The third-order valence-corrected chi connectivity index (χ3v) is 3.76. The lowest BCUT2D eigenvalue weighted by Gasteiger charge is -2.49. The molecule has 1 aromatic rings. The summed E-state index contributed by atoms with van der Waals surface area (Å²) < 4.78 is 5.23. The van der Waals surface area contributed by atoms with Gasteiger partial charge in [0.2, 0.25) is 5.89 Å². The van der Waals surface area contributed by atoms with Crippen molar-refractivity contribution in [2.24, 2.45) is 16.6 Å². The van der Waals surface area contributed by atoms with E-state index in [0.717, 1.165) is 19.3 Å². The first-order valence-corrected chi connectivity index (χ1v) is 6.78. The van der Waals surface area contributed by atoms with E-state index in [9.17, 15) is 0 Å². The SMILES string of the molecule is CCc1nc(C2(N)CC(C)(C)CC(C)(C)C2)no1. The topological polar surface area (TPSA) is 64.9 Å². The Balaban J connectivity index is 2.34. The summed E-state index contributed by atoms with van der Waals surface area (Å²) in [6.07, 6.45) is 3.76. The molecule has 1 fully saturated rings. The van der Waals surface area contributed by atoms with E-state index in [0.29, 0.717) is 11.7 Å². The van der Waals surface area contributed by atoms with E-state index in [-0.39, 0.29) is 10.8 Å². The third kappa shape index (κ3) is 2.58. The number of aryl methyl sites for hydroxylation is 1. The Hall–Kier alpha value is -0.900. The van der Waals surface area contributed by atoms with Gasteiger partial charge in [0.05, 0.1) is 5.54 Å². The van der Waals surface area contributed by atoms with Gasteiger partial charge in [-0.1, -0.05) is 39.8 Å². The van der Waals surface area contributed by atoms with Crippen LogP contribution in [0.25, 0.3) is 0 Å². The van der Waals surface area contributed by atoms with Crippen LogP contribution < -0.4 is 5.73 Å². The molecule has 1 aliphatic carbocycles. The minimum atomic E-state index is -0.456. The molecule has 18 heavy (non-hydrogen) atoms. The van der Waals surface area contributed by atoms with Crippen LogP contribution in [-0.2, 0) is 12.0 Å². The maximum Gasteiger partial charge on any atom is 0.226 e. The number of nitrogens with zero attached hydrogens (tertiary/aromatic N) is 2. The van der Waals surface area contributed by atoms with Crippen molar-refractivity contribution in [3.8, 4) is 0 Å². The van der Waals surface area contributed by atoms with E-state index in [1.165, 1.54) is 6.42 Å². The van der Waals surface area contributed by atoms with E-state index in [2.05, 4.69) is 37.8 Å². The fraction of sp³-hybridized carbons (Fsp3) is 0.857. The van der Waals surface area contributed by atoms with E-state index >= 15 is 0 Å². The molecular weight excluding hydrogens is 226 g/mol. The van der Waals surface area contributed by atoms with E-state index in [1.54, 1.807) is 0 Å². The van der Waals surface area contributed by atoms with Crippen LogP contribution in [-0.4, -0.2) is 10.1 Å². The molecule has 0 spiro atoms. The Morgan fingerprint density at radius 1 is 1.11 bits per heavy atom. The van der Waals surface area contributed by atoms with Crippen LogP contribution in [0.1, 0.15) is 65.6 Å². The van der Waals surface area contributed by atoms with Crippen molar-refractivity contribution >= 4 is 0 Å². The molecule has 0 radical (unpaired) electrons. The summed E-state index contributed by atoms with van der Waals surface area (Å²) in [6, 6.07) is 0. The molecule has 1 saturated carbocycles. The molecule has 0 bridgehead atoms. The predicted molar refractivity (Wildman–Crippen MR) is 71.0 cm³/mol. The maximum atomic E-state index is 6.61. The monoisotopic (exact) mass is 251 g/mol. The second-order valence-corrected chi connectivity index (χ2v) is 7.38. The van der Waals surface area contributed by atoms with Crippen LogP contribution in [0.4, 0.5) is 0 Å². The molecule has 0 aliphatic heterocycles. The number of aromatic nitrogens is 2. The summed E-state index contributed by atoms with van der Waals surface area (Å²) in [5.74, 6) is 1.36. The van der Waals surface area contributed by atoms with Crippen molar-refractivity contribution < 1.29 is 4.52 Å². The third-order valence-electron chi connectivity index (χ3n) is 3.76. The summed E-state index contributed by atoms with van der Waals surface area (Å²) in [7, 11) is 0. The molecule has 0 amide bonds. The molecule has 0 atom stereocenters. The first-order chi connectivity index (χ1) is 8.16. The Morgan fingerprint density at radius 2 is 1.67 bits per heavy atom. The molecule has 102 valence electrons. The smallest absolute Gasteiger partial charge is 0.226 e. The fourth-order valence-electron chi connectivity index (χ4n) is 3.95. The summed E-state index contributed by atoms with van der Waals surface area (Å²) in [6.45, 7) is 11.1. The lowest BCUT2D eigenvalue weighted by atomic mass is 9.58. The highest BCUT2D eigenvalue weighted by Crippen LogP contribution is 2.52. The summed E-state index contributed by atoms with van der Waals surface area (Å²) in [4.78, 5) is 4.45. The van der Waals surface area contributed by atoms with Gasteiger partial charge in [-0.05, 0) is 30.1 Å². The molecular formula is C14H25N3O. The molecule has 2 rings (SSSR count). The van der Waals surface area contributed by atoms with Crippen LogP contribution in [0, 0.1) is 10.8 Å². The molecule has 1 aliphatic rings. The lowest BCUT2D eigenvalue weighted by Crippen LogP contribution is -2.50. The van der Waals surface area contributed by atoms with Crippen molar-refractivity contribution in [1.29, 1.82) is 0 Å². The van der Waals surface area contributed by atoms with Crippen LogP contribution in [0.5, 0.6) is 0 Å². The first kappa shape index (κ1) is 13.5. The normalized spacial score (nSPS) is 25.0. The molecule has 1 heterocycles. The van der Waals surface area contributed by atoms with Gasteiger partial charge in [0, 0.05) is 6.42 Å². The predicted octanol–water partition coefficient (Wildman–Crippen LogP) is 3.02. The van der Waals surface area contributed by atoms with Gasteiger partial charge in [0.15, 0.2) is 5.82 Å². The zero-order chi connectivity index (χ0) is 13.6. The van der Waals surface area contributed by atoms with Gasteiger partial charge in [0.25, 0.3) is 0 Å². The van der Waals surface area contributed by atoms with Crippen molar-refractivity contribution in [3.63, 3.8) is 0 Å². The molecule has 4 nitrogen and oxygen atoms in total. The molecule has 1 aromatic heterocycles. The Morgan fingerprint density at radius 3 is 2.11 bits per heavy atom. The minimum absolute atomic E-state index is 0.212. The Bertz CT molecular complexity index is 418. The maximum absolute atomic E-state index is 6.61. The molecule has 0 unspecified atom stereocenters. The Labute approximate surface area is 109 Å². The lowest BCUT2D eigenvalue weighted by molar-refractivity contribution is 0.0417. The van der Waals surface area contributed by atoms with E-state index in [4.69, 9.17) is 10.3 Å². The minimum Gasteiger partial charge on any atom is -0.339 e. The molecule has 4 heteroatoms. The average Bonchev–Trinajstić information content (AvgIpc) is 2.59. The quantitative estimate of drug-likeness (QED) is 0.877. The van der Waals surface area contributed by atoms with E-state index < -0.39 is 5.54 Å². The van der Waals surface area contributed by atoms with Crippen molar-refractivity contribution in [2.45, 2.75) is 65.8 Å². The van der Waals surface area contributed by atoms with Crippen molar-refractivity contribution in [1.82, 2.24) is 10.1 Å². The standard InChI is InChI=1S/C14H25N3O/c1-6-10-16-11(17-18-10)14(15)8-12(2,3)7-13(4,5)9-14/h6-9,15H2,1-5H3. The number of nitrogens with two attached hydrogens (primary N) is 1. The van der Waals surface area contributed by atoms with Gasteiger partial charge in [-0.2, -0.15) is 4.98 Å². The number of rotatable bonds is 2. The van der Waals surface area contributed by atoms with Gasteiger partial charge >= 0.3 is 0 Å². The van der Waals surface area contributed by atoms with Crippen LogP contribution in [0.3, 0.4) is 0 Å². The highest BCUT2D eigenvalue weighted by molar-refractivity contribution is 5.11. The highest BCUT2D eigenvalue weighted by Gasteiger charge is 2.48. The van der Waals surface area contributed by atoms with Crippen molar-refractivity contribution in [2.75, 3.05) is 0 Å². The second-order valence-electron chi connectivity index (χ2n) is 7.38. The Kier molecular flexibility index (Phi) is 3.05. The molecule has 0 aromatic carbocycles. The van der Waals surface area contributed by atoms with Gasteiger partial charge in [-0.3, -0.25) is 0 Å². The van der Waals surface area contributed by atoms with Crippen LogP contribution in [0.2, 0.25) is 0 Å². The number of hydrogen-bond acceptors (Lipinski definition) is 4. The summed E-state index contributed by atoms with van der Waals surface area (Å²) in [5.41, 5.74) is 6.58. The van der Waals surface area contributed by atoms with Crippen molar-refractivity contribution in [3.05, 3.63) is 11.7 Å². The fourth-order valence-corrected chi connectivity index (χ4v) is 3.95. The van der Waals surface area contributed by atoms with Gasteiger partial charge in [-0.25, -0.2) is 0 Å². The van der Waals surface area contributed by atoms with Gasteiger partial charge in [-0.15, -0.1) is 0 Å². The van der Waals surface area contributed by atoms with Crippen LogP contribution in [0.15, 0.2) is 4.52 Å². The largest absolute Gasteiger partial charge is 0.339 e. The molecule has 2 N–H and O–H groups in total. The van der Waals surface area contributed by atoms with Crippen LogP contribution >= 0.6 is 0 Å². The number of hydrogen-bond donors (Lipinski definition) is 1. The first-order valence-electron chi connectivity index (χ1n) is 6.78. The summed E-state index contributed by atoms with van der Waals surface area (Å²) >= 11 is 0. The highest BCUT2D eigenvalue weighted by atomic mass is 16.5. The van der Waals surface area contributed by atoms with E-state index in [1.807, 2.05) is 6.92 Å². The summed E-state index contributed by atoms with van der Waals surface area (Å²) in [5, 5.41) is 4.10.